The van der Waals surface area contributed by atoms with Crippen LogP contribution < -0.4 is 0 Å². The van der Waals surface area contributed by atoms with Crippen molar-refractivity contribution in [2.45, 2.75) is 6.92 Å². The summed E-state index contributed by atoms with van der Waals surface area (Å²) in [6, 6.07) is 3.74. The number of carbonyl (C=O) groups excluding carboxylic acids is 1. The standard InChI is InChI=1S/C6H5ClOSe/c1-4-2-3-5(9-4)6(7)8/h2-3H,1H3. The number of aryl methyl sites for hydroxylation is 1. The minimum absolute atomic E-state index is 0.207. The van der Waals surface area contributed by atoms with Crippen LogP contribution in [0.3, 0.4) is 0 Å². The zero-order valence-corrected chi connectivity index (χ0v) is 7.32. The van der Waals surface area contributed by atoms with Gasteiger partial charge in [0, 0.05) is 0 Å². The van der Waals surface area contributed by atoms with Crippen LogP contribution in [0.4, 0.5) is 0 Å². The van der Waals surface area contributed by atoms with E-state index in [1.54, 1.807) is 6.07 Å². The average Bonchev–Trinajstić information content (AvgIpc) is 2.14. The van der Waals surface area contributed by atoms with Crippen LogP contribution in [-0.4, -0.2) is 19.7 Å². The molecule has 0 N–H and O–H groups in total. The maximum absolute atomic E-state index is 10.5. The first-order chi connectivity index (χ1) is 4.20. The number of carbonyl (C=O) groups is 1. The molecule has 0 spiro atoms. The molecule has 1 aromatic heterocycles. The quantitative estimate of drug-likeness (QED) is 0.503. The first-order valence-electron chi connectivity index (χ1n) is 2.46. The molecule has 9 heavy (non-hydrogen) atoms. The van der Waals surface area contributed by atoms with E-state index in [0.717, 1.165) is 4.44 Å². The molecule has 48 valence electrons. The van der Waals surface area contributed by atoms with Crippen molar-refractivity contribution in [1.29, 1.82) is 0 Å². The normalized spacial score (nSPS) is 9.56. The van der Waals surface area contributed by atoms with E-state index in [-0.39, 0.29) is 19.7 Å². The van der Waals surface area contributed by atoms with Crippen molar-refractivity contribution >= 4 is 31.3 Å². The van der Waals surface area contributed by atoms with Gasteiger partial charge in [-0.05, 0) is 0 Å². The molecule has 0 aliphatic heterocycles. The van der Waals surface area contributed by atoms with Gasteiger partial charge in [0.1, 0.15) is 0 Å². The van der Waals surface area contributed by atoms with Gasteiger partial charge in [-0.3, -0.25) is 0 Å². The number of rotatable bonds is 1. The van der Waals surface area contributed by atoms with Crippen LogP contribution in [0.25, 0.3) is 0 Å². The van der Waals surface area contributed by atoms with Gasteiger partial charge >= 0.3 is 64.1 Å². The van der Waals surface area contributed by atoms with E-state index in [9.17, 15) is 4.79 Å². The summed E-state index contributed by atoms with van der Waals surface area (Å²) in [5.41, 5.74) is 0. The summed E-state index contributed by atoms with van der Waals surface area (Å²) in [6.07, 6.45) is 0. The van der Waals surface area contributed by atoms with Crippen LogP contribution in [0, 0.1) is 6.92 Å². The second-order valence-electron chi connectivity index (χ2n) is 1.68. The Hall–Kier alpha value is -0.0405. The fraction of sp³-hybridized carbons (Fsp3) is 0.167. The van der Waals surface area contributed by atoms with Crippen LogP contribution in [-0.2, 0) is 0 Å². The molecular formula is C6H5ClOSe. The van der Waals surface area contributed by atoms with Crippen LogP contribution >= 0.6 is 11.6 Å². The third-order valence-electron chi connectivity index (χ3n) is 0.934. The molecule has 1 rings (SSSR count). The zero-order chi connectivity index (χ0) is 6.85. The van der Waals surface area contributed by atoms with Crippen LogP contribution in [0.5, 0.6) is 0 Å². The molecule has 0 aromatic carbocycles. The molecule has 1 aromatic rings. The van der Waals surface area contributed by atoms with Crippen molar-refractivity contribution in [1.82, 2.24) is 0 Å². The summed E-state index contributed by atoms with van der Waals surface area (Å²) in [7, 11) is 0. The van der Waals surface area contributed by atoms with Crippen molar-refractivity contribution in [2.24, 2.45) is 0 Å². The molecule has 0 amide bonds. The average molecular weight is 208 g/mol. The van der Waals surface area contributed by atoms with E-state index >= 15 is 0 Å². The SMILES string of the molecule is Cc1ccc(C(=O)Cl)[se]1. The van der Waals surface area contributed by atoms with E-state index in [1.165, 1.54) is 4.44 Å². The Balaban J connectivity index is 2.98. The van der Waals surface area contributed by atoms with E-state index in [4.69, 9.17) is 11.6 Å². The van der Waals surface area contributed by atoms with Gasteiger partial charge in [0.05, 0.1) is 0 Å². The molecule has 0 aliphatic carbocycles. The monoisotopic (exact) mass is 208 g/mol. The predicted molar refractivity (Wildman–Crippen MR) is 38.3 cm³/mol. The Bertz CT molecular complexity index is 229. The summed E-state index contributed by atoms with van der Waals surface area (Å²) >= 11 is 5.43. The fourth-order valence-corrected chi connectivity index (χ4v) is 2.27. The van der Waals surface area contributed by atoms with Gasteiger partial charge in [-0.1, -0.05) is 0 Å². The van der Waals surface area contributed by atoms with E-state index < -0.39 is 0 Å². The van der Waals surface area contributed by atoms with Gasteiger partial charge in [-0.25, -0.2) is 0 Å². The Labute approximate surface area is 64.4 Å². The van der Waals surface area contributed by atoms with Gasteiger partial charge in [0.25, 0.3) is 0 Å². The molecule has 1 nitrogen and oxygen atoms in total. The van der Waals surface area contributed by atoms with Gasteiger partial charge in [0.2, 0.25) is 0 Å². The molecular weight excluding hydrogens is 202 g/mol. The van der Waals surface area contributed by atoms with Crippen molar-refractivity contribution in [3.05, 3.63) is 21.0 Å². The molecule has 0 fully saturated rings. The summed E-state index contributed by atoms with van der Waals surface area (Å²) in [6.45, 7) is 2.00. The first-order valence-corrected chi connectivity index (χ1v) is 4.55. The molecule has 0 saturated heterocycles. The molecule has 1 heterocycles. The fourth-order valence-electron chi connectivity index (χ4n) is 0.540. The summed E-state index contributed by atoms with van der Waals surface area (Å²) < 4.78 is 2.02. The summed E-state index contributed by atoms with van der Waals surface area (Å²) in [4.78, 5) is 10.5. The molecule has 3 heteroatoms. The van der Waals surface area contributed by atoms with Crippen LogP contribution in [0.2, 0.25) is 0 Å². The van der Waals surface area contributed by atoms with Gasteiger partial charge in [-0.2, -0.15) is 0 Å². The van der Waals surface area contributed by atoms with Crippen LogP contribution in [0.15, 0.2) is 12.1 Å². The Morgan fingerprint density at radius 3 is 2.56 bits per heavy atom. The summed E-state index contributed by atoms with van der Waals surface area (Å²) in [5.74, 6) is 0. The third kappa shape index (κ3) is 1.68. The molecule has 0 bridgehead atoms. The second-order valence-corrected chi connectivity index (χ2v) is 4.73. The topological polar surface area (TPSA) is 17.1 Å². The molecule has 0 aliphatic rings. The van der Waals surface area contributed by atoms with Gasteiger partial charge in [0.15, 0.2) is 0 Å². The van der Waals surface area contributed by atoms with Crippen molar-refractivity contribution < 1.29 is 4.79 Å². The maximum atomic E-state index is 10.5. The number of halogens is 1. The van der Waals surface area contributed by atoms with Crippen LogP contribution in [0.1, 0.15) is 13.7 Å². The Morgan fingerprint density at radius 1 is 1.67 bits per heavy atom. The van der Waals surface area contributed by atoms with Gasteiger partial charge < -0.3 is 0 Å². The van der Waals surface area contributed by atoms with Gasteiger partial charge in [-0.15, -0.1) is 0 Å². The minimum atomic E-state index is -0.303. The first kappa shape index (κ1) is 7.07. The zero-order valence-electron chi connectivity index (χ0n) is 4.85. The molecule has 0 radical (unpaired) electrons. The summed E-state index contributed by atoms with van der Waals surface area (Å²) in [5, 5.41) is -0.303. The van der Waals surface area contributed by atoms with Crippen molar-refractivity contribution in [3.8, 4) is 0 Å². The molecule has 0 saturated carbocycles. The molecule has 0 unspecified atom stereocenters. The number of hydrogen-bond donors (Lipinski definition) is 0. The Kier molecular flexibility index (Phi) is 2.12. The van der Waals surface area contributed by atoms with E-state index in [2.05, 4.69) is 0 Å². The third-order valence-corrected chi connectivity index (χ3v) is 3.49. The van der Waals surface area contributed by atoms with Crippen molar-refractivity contribution in [3.63, 3.8) is 0 Å². The number of hydrogen-bond acceptors (Lipinski definition) is 1. The Morgan fingerprint density at radius 2 is 2.33 bits per heavy atom. The van der Waals surface area contributed by atoms with Crippen molar-refractivity contribution in [2.75, 3.05) is 0 Å². The predicted octanol–water partition coefficient (Wildman–Crippen LogP) is 1.43. The van der Waals surface area contributed by atoms with E-state index in [0.29, 0.717) is 0 Å². The molecule has 0 atom stereocenters. The van der Waals surface area contributed by atoms with E-state index in [1.807, 2.05) is 13.0 Å². The second kappa shape index (κ2) is 2.70.